The Morgan fingerprint density at radius 1 is 0.556 bits per heavy atom. The zero-order valence-electron chi connectivity index (χ0n) is 22.5. The van der Waals surface area contributed by atoms with Crippen molar-refractivity contribution in [1.82, 2.24) is 0 Å². The maximum Gasteiger partial charge on any atom is 3.00 e. The van der Waals surface area contributed by atoms with E-state index in [1.54, 1.807) is 0 Å². The fourth-order valence-electron chi connectivity index (χ4n) is 3.75. The van der Waals surface area contributed by atoms with E-state index in [-0.39, 0.29) is 40.8 Å². The molecule has 0 unspecified atom stereocenters. The van der Waals surface area contributed by atoms with Gasteiger partial charge in [0.05, 0.1) is 0 Å². The van der Waals surface area contributed by atoms with Crippen LogP contribution in [0.4, 0.5) is 0 Å². The van der Waals surface area contributed by atoms with Gasteiger partial charge >= 0.3 is 40.8 Å². The van der Waals surface area contributed by atoms with E-state index in [0.29, 0.717) is 0 Å². The van der Waals surface area contributed by atoms with Gasteiger partial charge in [0, 0.05) is 0 Å². The van der Waals surface area contributed by atoms with Gasteiger partial charge in [0.15, 0.2) is 0 Å². The van der Waals surface area contributed by atoms with Crippen molar-refractivity contribution in [3.63, 3.8) is 0 Å². The zero-order chi connectivity index (χ0) is 26.0. The van der Waals surface area contributed by atoms with Crippen LogP contribution >= 0.6 is 7.82 Å². The van der Waals surface area contributed by atoms with Gasteiger partial charge in [-0.25, -0.2) is 0 Å². The minimum Gasteiger partial charge on any atom is -0.822 e. The van der Waals surface area contributed by atoms with Gasteiger partial charge in [-0.15, -0.1) is 0 Å². The molecule has 6 heteroatoms. The molecule has 0 aliphatic carbocycles. The van der Waals surface area contributed by atoms with Crippen LogP contribution in [0.2, 0.25) is 0 Å². The van der Waals surface area contributed by atoms with Crippen molar-refractivity contribution in [2.75, 3.05) is 0 Å². The van der Waals surface area contributed by atoms with E-state index in [2.05, 4.69) is 50.2 Å². The molecule has 0 spiro atoms. The van der Waals surface area contributed by atoms with Crippen LogP contribution < -0.4 is 14.7 Å². The van der Waals surface area contributed by atoms with Gasteiger partial charge in [0.25, 0.3) is 0 Å². The summed E-state index contributed by atoms with van der Waals surface area (Å²) < 4.78 is 8.55. The Morgan fingerprint density at radius 3 is 1.08 bits per heavy atom. The summed E-state index contributed by atoms with van der Waals surface area (Å²) in [7, 11) is -5.39. The van der Waals surface area contributed by atoms with Gasteiger partial charge in [0.2, 0.25) is 0 Å². The van der Waals surface area contributed by atoms with Crippen molar-refractivity contribution >= 4 is 7.82 Å². The fourth-order valence-corrected chi connectivity index (χ4v) is 3.75. The van der Waals surface area contributed by atoms with Gasteiger partial charge in [-0.3, -0.25) is 0 Å². The number of rotatable bonds is 16. The number of unbranched alkanes of at least 4 members (excludes halogenated alkanes) is 12. The van der Waals surface area contributed by atoms with Crippen molar-refractivity contribution in [3.05, 3.63) is 71.8 Å². The molecule has 0 fully saturated rings. The van der Waals surface area contributed by atoms with Crippen LogP contribution in [0.1, 0.15) is 115 Å². The molecular formula is C30H46NdO4P-2. The molecule has 0 aromatic heterocycles. The van der Waals surface area contributed by atoms with E-state index in [1.807, 2.05) is 24.3 Å². The van der Waals surface area contributed by atoms with Crippen LogP contribution in [-0.2, 0) is 17.4 Å². The Labute approximate surface area is 254 Å². The minimum absolute atomic E-state index is 0. The van der Waals surface area contributed by atoms with E-state index in [9.17, 15) is 0 Å². The molecule has 201 valence electrons. The summed E-state index contributed by atoms with van der Waals surface area (Å²) in [6, 6.07) is 22.9. The van der Waals surface area contributed by atoms with Crippen LogP contribution in [0.5, 0.6) is 0 Å². The summed E-state index contributed by atoms with van der Waals surface area (Å²) in [4.78, 5) is 25.6. The van der Waals surface area contributed by atoms with Gasteiger partial charge < -0.3 is 19.2 Å². The smallest absolute Gasteiger partial charge is 0.822 e. The summed E-state index contributed by atoms with van der Waals surface area (Å²) >= 11 is 0. The first kappa shape index (κ1) is 38.0. The SMILES string of the molecule is CCCCCCCCCc1cc[c-]cc1.CCCCCCCCCc1cc[c-]cc1.O=P([O-])([O-])[O-].[Nd+3]. The molecule has 0 bridgehead atoms. The van der Waals surface area contributed by atoms with Gasteiger partial charge in [0.1, 0.15) is 0 Å². The number of phosphoric acid groups is 1. The molecule has 2 aromatic carbocycles. The number of hydrogen-bond acceptors (Lipinski definition) is 4. The molecule has 1 radical (unpaired) electrons. The van der Waals surface area contributed by atoms with E-state index < -0.39 is 7.82 Å². The Kier molecular flexibility index (Phi) is 29.5. The van der Waals surface area contributed by atoms with Crippen LogP contribution in [0.25, 0.3) is 0 Å². The Balaban J connectivity index is 0. The van der Waals surface area contributed by atoms with Crippen molar-refractivity contribution in [1.29, 1.82) is 0 Å². The van der Waals surface area contributed by atoms with Crippen molar-refractivity contribution in [3.8, 4) is 0 Å². The standard InChI is InChI=1S/2C15H23.Nd.H3O4P/c2*1-2-3-4-5-6-7-9-12-15-13-10-8-11-14-15;;1-5(2,3)4/h2*10-11,13-14H,2-7,9,12H2,1H3;;(H3,1,2,3,4)/q2*-1;+3;/p-3. The topological polar surface area (TPSA) is 86.2 Å². The van der Waals surface area contributed by atoms with E-state index in [1.165, 1.54) is 114 Å². The van der Waals surface area contributed by atoms with E-state index in [0.717, 1.165) is 0 Å². The molecule has 0 saturated heterocycles. The average molecular weight is 646 g/mol. The third kappa shape index (κ3) is 31.9. The quantitative estimate of drug-likeness (QED) is 0.115. The maximum absolute atomic E-state index is 8.55. The molecule has 0 saturated carbocycles. The molecule has 2 rings (SSSR count). The third-order valence-electron chi connectivity index (χ3n) is 5.71. The first-order valence-corrected chi connectivity index (χ1v) is 15.0. The summed E-state index contributed by atoms with van der Waals surface area (Å²) in [5, 5.41) is 0. The molecular weight excluding hydrogens is 600 g/mol. The normalized spacial score (nSPS) is 10.4. The Bertz CT molecular complexity index is 660. The van der Waals surface area contributed by atoms with Crippen molar-refractivity contribution < 1.29 is 60.1 Å². The molecule has 0 heterocycles. The molecule has 0 amide bonds. The first-order valence-electron chi connectivity index (χ1n) is 13.5. The van der Waals surface area contributed by atoms with Crippen LogP contribution in [-0.4, -0.2) is 0 Å². The predicted octanol–water partition coefficient (Wildman–Crippen LogP) is 6.74. The van der Waals surface area contributed by atoms with Gasteiger partial charge in [-0.1, -0.05) is 117 Å². The summed E-state index contributed by atoms with van der Waals surface area (Å²) in [6.45, 7) is 4.54. The molecule has 0 aliphatic heterocycles. The predicted molar refractivity (Wildman–Crippen MR) is 142 cm³/mol. The Morgan fingerprint density at radius 2 is 0.806 bits per heavy atom. The zero-order valence-corrected chi connectivity index (χ0v) is 26.6. The van der Waals surface area contributed by atoms with Gasteiger partial charge in [-0.2, -0.15) is 79.6 Å². The van der Waals surface area contributed by atoms with Crippen LogP contribution in [0, 0.1) is 53.0 Å². The molecule has 0 N–H and O–H groups in total. The summed E-state index contributed by atoms with van der Waals surface area (Å²) in [5.74, 6) is 0. The van der Waals surface area contributed by atoms with Crippen molar-refractivity contribution in [2.45, 2.75) is 117 Å². The van der Waals surface area contributed by atoms with Crippen LogP contribution in [0.3, 0.4) is 0 Å². The van der Waals surface area contributed by atoms with Crippen LogP contribution in [0.15, 0.2) is 48.5 Å². The average Bonchev–Trinajstić information content (AvgIpc) is 2.84. The second-order valence-electron chi connectivity index (χ2n) is 9.01. The Hall–Kier alpha value is -0.0994. The van der Waals surface area contributed by atoms with Crippen molar-refractivity contribution in [2.24, 2.45) is 0 Å². The molecule has 36 heavy (non-hydrogen) atoms. The molecule has 2 aromatic rings. The molecule has 0 aliphatic rings. The largest absolute Gasteiger partial charge is 3.00 e. The minimum atomic E-state index is -5.39. The maximum atomic E-state index is 8.55. The van der Waals surface area contributed by atoms with E-state index in [4.69, 9.17) is 19.2 Å². The third-order valence-corrected chi connectivity index (χ3v) is 5.71. The van der Waals surface area contributed by atoms with E-state index >= 15 is 0 Å². The number of aryl methyl sites for hydroxylation is 2. The number of benzene rings is 2. The monoisotopic (exact) mass is 643 g/mol. The second kappa shape index (κ2) is 27.9. The van der Waals surface area contributed by atoms with Gasteiger partial charge in [-0.05, 0) is 0 Å². The first-order chi connectivity index (χ1) is 16.9. The number of hydrogen-bond donors (Lipinski definition) is 0. The fraction of sp³-hybridized carbons (Fsp3) is 0.600. The molecule has 0 atom stereocenters. The molecule has 4 nitrogen and oxygen atoms in total. The summed E-state index contributed by atoms with van der Waals surface area (Å²) in [6.07, 6.45) is 22.0. The summed E-state index contributed by atoms with van der Waals surface area (Å²) in [5.41, 5.74) is 2.92. The second-order valence-corrected chi connectivity index (χ2v) is 9.90.